The van der Waals surface area contributed by atoms with Gasteiger partial charge in [0.15, 0.2) is 0 Å². The van der Waals surface area contributed by atoms with Gasteiger partial charge in [0.2, 0.25) is 0 Å². The standard InChI is InChI=1S/C13H17BrINO2/c1-2-9(5-6-14)8-16-13(18)11-7-10(15)3-4-12(11)17/h3-4,7,9,17H,2,5-6,8H2,1H3,(H,16,18). The van der Waals surface area contributed by atoms with E-state index in [0.29, 0.717) is 18.0 Å². The molecule has 0 aliphatic heterocycles. The molecule has 0 aliphatic rings. The largest absolute Gasteiger partial charge is 0.507 e. The van der Waals surface area contributed by atoms with Gasteiger partial charge in [-0.2, -0.15) is 0 Å². The molecule has 0 saturated heterocycles. The lowest BCUT2D eigenvalue weighted by Gasteiger charge is -2.14. The Morgan fingerprint density at radius 3 is 2.89 bits per heavy atom. The average Bonchev–Trinajstić information content (AvgIpc) is 2.37. The zero-order valence-electron chi connectivity index (χ0n) is 10.2. The molecule has 0 radical (unpaired) electrons. The van der Waals surface area contributed by atoms with Crippen LogP contribution in [0.1, 0.15) is 30.1 Å². The minimum atomic E-state index is -0.209. The van der Waals surface area contributed by atoms with E-state index >= 15 is 0 Å². The molecule has 18 heavy (non-hydrogen) atoms. The first kappa shape index (κ1) is 15.8. The van der Waals surface area contributed by atoms with Gasteiger partial charge in [-0.3, -0.25) is 4.79 Å². The van der Waals surface area contributed by atoms with E-state index in [4.69, 9.17) is 0 Å². The summed E-state index contributed by atoms with van der Waals surface area (Å²) in [5.74, 6) is 0.291. The SMILES string of the molecule is CCC(CCBr)CNC(=O)c1cc(I)ccc1O. The molecular formula is C13H17BrINO2. The highest BCUT2D eigenvalue weighted by Gasteiger charge is 2.13. The summed E-state index contributed by atoms with van der Waals surface area (Å²) < 4.78 is 0.933. The number of amides is 1. The molecule has 0 aliphatic carbocycles. The van der Waals surface area contributed by atoms with Gasteiger partial charge >= 0.3 is 0 Å². The van der Waals surface area contributed by atoms with Crippen LogP contribution in [0, 0.1) is 9.49 Å². The van der Waals surface area contributed by atoms with Crippen LogP contribution >= 0.6 is 38.5 Å². The zero-order chi connectivity index (χ0) is 13.5. The van der Waals surface area contributed by atoms with Crippen LogP contribution in [0.15, 0.2) is 18.2 Å². The van der Waals surface area contributed by atoms with Crippen LogP contribution < -0.4 is 5.32 Å². The summed E-state index contributed by atoms with van der Waals surface area (Å²) in [6.07, 6.45) is 2.07. The lowest BCUT2D eigenvalue weighted by Crippen LogP contribution is -2.29. The summed E-state index contributed by atoms with van der Waals surface area (Å²) in [4.78, 5) is 12.0. The summed E-state index contributed by atoms with van der Waals surface area (Å²) in [5, 5.41) is 13.5. The van der Waals surface area contributed by atoms with E-state index < -0.39 is 0 Å². The van der Waals surface area contributed by atoms with Gasteiger partial charge in [-0.15, -0.1) is 0 Å². The van der Waals surface area contributed by atoms with Crippen molar-refractivity contribution in [3.63, 3.8) is 0 Å². The summed E-state index contributed by atoms with van der Waals surface area (Å²) >= 11 is 5.53. The molecule has 0 aromatic heterocycles. The fraction of sp³-hybridized carbons (Fsp3) is 0.462. The van der Waals surface area contributed by atoms with Crippen molar-refractivity contribution in [3.05, 3.63) is 27.3 Å². The minimum Gasteiger partial charge on any atom is -0.507 e. The minimum absolute atomic E-state index is 0.0291. The number of rotatable bonds is 6. The number of phenolic OH excluding ortho intramolecular Hbond substituents is 1. The van der Waals surface area contributed by atoms with Crippen molar-refractivity contribution in [3.8, 4) is 5.75 Å². The van der Waals surface area contributed by atoms with Crippen molar-refractivity contribution < 1.29 is 9.90 Å². The summed E-state index contributed by atoms with van der Waals surface area (Å²) in [6, 6.07) is 5.01. The van der Waals surface area contributed by atoms with E-state index in [1.807, 2.05) is 0 Å². The molecule has 0 saturated carbocycles. The van der Waals surface area contributed by atoms with E-state index in [-0.39, 0.29) is 11.7 Å². The molecule has 1 aromatic rings. The average molecular weight is 426 g/mol. The number of benzene rings is 1. The summed E-state index contributed by atoms with van der Waals surface area (Å²) in [6.45, 7) is 2.76. The Morgan fingerprint density at radius 1 is 1.56 bits per heavy atom. The van der Waals surface area contributed by atoms with Gasteiger partial charge in [-0.05, 0) is 53.1 Å². The topological polar surface area (TPSA) is 49.3 Å². The Kier molecular flexibility index (Phi) is 6.99. The van der Waals surface area contributed by atoms with Crippen LogP contribution in [0.3, 0.4) is 0 Å². The summed E-state index contributed by atoms with van der Waals surface area (Å²) in [5.41, 5.74) is 0.343. The second-order valence-corrected chi connectivity index (χ2v) is 6.16. The lowest BCUT2D eigenvalue weighted by molar-refractivity contribution is 0.0944. The third-order valence-electron chi connectivity index (χ3n) is 2.85. The highest BCUT2D eigenvalue weighted by molar-refractivity contribution is 14.1. The number of carbonyl (C=O) groups is 1. The molecule has 1 aromatic carbocycles. The Balaban J connectivity index is 2.62. The van der Waals surface area contributed by atoms with Gasteiger partial charge in [-0.25, -0.2) is 0 Å². The van der Waals surface area contributed by atoms with Crippen molar-refractivity contribution in [2.24, 2.45) is 5.92 Å². The van der Waals surface area contributed by atoms with Gasteiger partial charge in [-0.1, -0.05) is 29.3 Å². The molecule has 1 atom stereocenters. The second kappa shape index (κ2) is 7.99. The fourth-order valence-corrected chi connectivity index (χ4v) is 2.77. The molecule has 0 spiro atoms. The van der Waals surface area contributed by atoms with Crippen LogP contribution in [0.25, 0.3) is 0 Å². The Hall–Kier alpha value is -0.300. The number of phenols is 1. The molecule has 0 bridgehead atoms. The summed E-state index contributed by atoms with van der Waals surface area (Å²) in [7, 11) is 0. The maximum absolute atomic E-state index is 12.0. The number of hydrogen-bond acceptors (Lipinski definition) is 2. The number of aromatic hydroxyl groups is 1. The van der Waals surface area contributed by atoms with E-state index in [1.54, 1.807) is 18.2 Å². The van der Waals surface area contributed by atoms with Gasteiger partial charge in [0.05, 0.1) is 5.56 Å². The first-order chi connectivity index (χ1) is 8.58. The number of hydrogen-bond donors (Lipinski definition) is 2. The quantitative estimate of drug-likeness (QED) is 0.541. The third kappa shape index (κ3) is 4.76. The normalized spacial score (nSPS) is 12.2. The maximum atomic E-state index is 12.0. The number of halogens is 2. The van der Waals surface area contributed by atoms with Crippen LogP contribution in [-0.4, -0.2) is 22.9 Å². The van der Waals surface area contributed by atoms with E-state index in [0.717, 1.165) is 21.7 Å². The molecule has 1 rings (SSSR count). The third-order valence-corrected chi connectivity index (χ3v) is 3.98. The second-order valence-electron chi connectivity index (χ2n) is 4.12. The molecule has 2 N–H and O–H groups in total. The highest BCUT2D eigenvalue weighted by Crippen LogP contribution is 2.19. The first-order valence-corrected chi connectivity index (χ1v) is 8.11. The molecule has 0 fully saturated rings. The smallest absolute Gasteiger partial charge is 0.255 e. The van der Waals surface area contributed by atoms with Crippen molar-refractivity contribution in [1.82, 2.24) is 5.32 Å². The van der Waals surface area contributed by atoms with Gasteiger partial charge < -0.3 is 10.4 Å². The molecular weight excluding hydrogens is 409 g/mol. The van der Waals surface area contributed by atoms with Crippen LogP contribution in [0.4, 0.5) is 0 Å². The van der Waals surface area contributed by atoms with Crippen LogP contribution in [0.2, 0.25) is 0 Å². The van der Waals surface area contributed by atoms with Crippen LogP contribution in [0.5, 0.6) is 5.75 Å². The van der Waals surface area contributed by atoms with Gasteiger partial charge in [0.1, 0.15) is 5.75 Å². The number of nitrogens with one attached hydrogen (secondary N) is 1. The van der Waals surface area contributed by atoms with Gasteiger partial charge in [0.25, 0.3) is 5.91 Å². The molecule has 100 valence electrons. The van der Waals surface area contributed by atoms with Crippen LogP contribution in [-0.2, 0) is 0 Å². The Morgan fingerprint density at radius 2 is 2.28 bits per heavy atom. The van der Waals surface area contributed by atoms with E-state index in [1.165, 1.54) is 0 Å². The van der Waals surface area contributed by atoms with Crippen molar-refractivity contribution >= 4 is 44.4 Å². The predicted molar refractivity (Wildman–Crippen MR) is 85.3 cm³/mol. The monoisotopic (exact) mass is 425 g/mol. The first-order valence-electron chi connectivity index (χ1n) is 5.91. The van der Waals surface area contributed by atoms with Gasteiger partial charge in [0, 0.05) is 15.4 Å². The molecule has 3 nitrogen and oxygen atoms in total. The lowest BCUT2D eigenvalue weighted by atomic mass is 10.0. The molecule has 1 amide bonds. The molecule has 5 heteroatoms. The molecule has 0 heterocycles. The van der Waals surface area contributed by atoms with E-state index in [2.05, 4.69) is 50.8 Å². The fourth-order valence-electron chi connectivity index (χ4n) is 1.63. The number of carbonyl (C=O) groups excluding carboxylic acids is 1. The maximum Gasteiger partial charge on any atom is 0.255 e. The Bertz CT molecular complexity index is 412. The van der Waals surface area contributed by atoms with E-state index in [9.17, 15) is 9.90 Å². The van der Waals surface area contributed by atoms with Crippen molar-refractivity contribution in [1.29, 1.82) is 0 Å². The predicted octanol–water partition coefficient (Wildman–Crippen LogP) is 3.54. The zero-order valence-corrected chi connectivity index (χ0v) is 14.0. The molecule has 1 unspecified atom stereocenters. The van der Waals surface area contributed by atoms with Crippen molar-refractivity contribution in [2.45, 2.75) is 19.8 Å². The highest BCUT2D eigenvalue weighted by atomic mass is 127. The van der Waals surface area contributed by atoms with Crippen molar-refractivity contribution in [2.75, 3.05) is 11.9 Å². The number of alkyl halides is 1. The Labute approximate surface area is 130 Å².